The highest BCUT2D eigenvalue weighted by atomic mass is 28.2. The average molecular weight is 105 g/mol. The maximum atomic E-state index is 7.72. The second-order valence-corrected chi connectivity index (χ2v) is 2.03. The summed E-state index contributed by atoms with van der Waals surface area (Å²) in [6.07, 6.45) is 0. The van der Waals surface area contributed by atoms with Crippen molar-refractivity contribution in [3.05, 3.63) is 0 Å². The third-order valence-corrected chi connectivity index (χ3v) is 0.969. The molecule has 0 aliphatic rings. The first-order valence-electron chi connectivity index (χ1n) is 1.56. The molecule has 4 heteroatoms. The Morgan fingerprint density at radius 2 is 2.67 bits per heavy atom. The Morgan fingerprint density at radius 1 is 2.00 bits per heavy atom. The summed E-state index contributed by atoms with van der Waals surface area (Å²) in [4.78, 5) is 0. The fraction of sp³-hybridized carbons (Fsp3) is 0.500. The molecule has 0 radical (unpaired) electrons. The van der Waals surface area contributed by atoms with Gasteiger partial charge in [-0.2, -0.15) is 0 Å². The number of hydrogen-bond donors (Lipinski definition) is 1. The average Bonchev–Trinajstić information content (AvgIpc) is 1.61. The number of rotatable bonds is 2. The van der Waals surface area contributed by atoms with Crippen molar-refractivity contribution in [3.8, 4) is 0 Å². The van der Waals surface area contributed by atoms with Crippen LogP contribution in [0.4, 0.5) is 0 Å². The summed E-state index contributed by atoms with van der Waals surface area (Å²) < 4.78 is 4.61. The first-order chi connectivity index (χ1) is 2.91. The maximum absolute atomic E-state index is 7.72. The maximum Gasteiger partial charge on any atom is 0.207 e. The quantitative estimate of drug-likeness (QED) is 0.215. The molecule has 0 amide bonds. The molecule has 0 aliphatic carbocycles. The van der Waals surface area contributed by atoms with E-state index in [-0.39, 0.29) is 0 Å². The molecule has 0 aliphatic heterocycles. The molecule has 0 saturated carbocycles. The van der Waals surface area contributed by atoms with E-state index in [0.717, 1.165) is 0 Å². The van der Waals surface area contributed by atoms with Crippen molar-refractivity contribution in [1.29, 1.82) is 0 Å². The van der Waals surface area contributed by atoms with Crippen molar-refractivity contribution in [3.63, 3.8) is 0 Å². The van der Waals surface area contributed by atoms with E-state index in [2.05, 4.69) is 9.58 Å². The van der Waals surface area contributed by atoms with Crippen LogP contribution < -0.4 is 0 Å². The number of oxime groups is 1. The van der Waals surface area contributed by atoms with Crippen molar-refractivity contribution in [1.82, 2.24) is 0 Å². The molecule has 0 spiro atoms. The highest BCUT2D eigenvalue weighted by molar-refractivity contribution is 6.62. The van der Waals surface area contributed by atoms with Gasteiger partial charge in [0.15, 0.2) is 0 Å². The van der Waals surface area contributed by atoms with E-state index in [1.54, 1.807) is 7.11 Å². The van der Waals surface area contributed by atoms with Crippen molar-refractivity contribution in [2.45, 2.75) is 0 Å². The predicted octanol–water partition coefficient (Wildman–Crippen LogP) is -0.866. The molecule has 0 unspecified atom stereocenters. The lowest BCUT2D eigenvalue weighted by Crippen LogP contribution is -1.92. The summed E-state index contributed by atoms with van der Waals surface area (Å²) in [6.45, 7) is 0. The molecule has 3 nitrogen and oxygen atoms in total. The summed E-state index contributed by atoms with van der Waals surface area (Å²) in [5.74, 6) is 1.40. The van der Waals surface area contributed by atoms with Crippen LogP contribution in [0, 0.1) is 0 Å². The zero-order valence-corrected chi connectivity index (χ0v) is 5.00. The monoisotopic (exact) mass is 105 g/mol. The van der Waals surface area contributed by atoms with Crippen LogP contribution in [0.15, 0.2) is 5.16 Å². The van der Waals surface area contributed by atoms with Crippen LogP contribution in [0.3, 0.4) is 0 Å². The Labute approximate surface area is 38.6 Å². The van der Waals surface area contributed by atoms with Gasteiger partial charge in [-0.05, 0) is 0 Å². The highest BCUT2D eigenvalue weighted by Gasteiger charge is 1.68. The molecule has 36 valence electrons. The van der Waals surface area contributed by atoms with E-state index in [1.807, 2.05) is 0 Å². The summed E-state index contributed by atoms with van der Waals surface area (Å²) >= 11 is 0. The minimum atomic E-state index is -0.620. The number of nitrogens with zero attached hydrogens (tertiary/aromatic N) is 1. The highest BCUT2D eigenvalue weighted by Crippen LogP contribution is 1.51. The first-order valence-corrected chi connectivity index (χ1v) is 2.96. The van der Waals surface area contributed by atoms with Gasteiger partial charge in [0.25, 0.3) is 0 Å². The molecule has 0 aromatic carbocycles. The summed E-state index contributed by atoms with van der Waals surface area (Å²) in [5, 5.41) is 10.5. The zero-order chi connectivity index (χ0) is 4.83. The summed E-state index contributed by atoms with van der Waals surface area (Å²) in [5.41, 5.74) is 0. The molecule has 0 aromatic heterocycles. The van der Waals surface area contributed by atoms with Crippen LogP contribution >= 0.6 is 0 Å². The van der Waals surface area contributed by atoms with Crippen LogP contribution in [-0.2, 0) is 4.43 Å². The molecule has 6 heavy (non-hydrogen) atoms. The lowest BCUT2D eigenvalue weighted by atomic mass is 11.7. The van der Waals surface area contributed by atoms with E-state index in [4.69, 9.17) is 5.21 Å². The second kappa shape index (κ2) is 4.65. The van der Waals surface area contributed by atoms with Gasteiger partial charge in [-0.3, -0.25) is 0 Å². The Kier molecular flexibility index (Phi) is 4.37. The van der Waals surface area contributed by atoms with Gasteiger partial charge in [0.1, 0.15) is 0 Å². The van der Waals surface area contributed by atoms with Crippen LogP contribution in [0.1, 0.15) is 0 Å². The molecule has 0 aromatic rings. The van der Waals surface area contributed by atoms with E-state index in [9.17, 15) is 0 Å². The molecule has 0 fully saturated rings. The molecule has 0 rings (SSSR count). The topological polar surface area (TPSA) is 41.8 Å². The van der Waals surface area contributed by atoms with E-state index < -0.39 is 9.76 Å². The largest absolute Gasteiger partial charge is 0.421 e. The lowest BCUT2D eigenvalue weighted by Gasteiger charge is -1.79. The van der Waals surface area contributed by atoms with E-state index in [0.29, 0.717) is 0 Å². The fourth-order valence-corrected chi connectivity index (χ4v) is 0.324. The van der Waals surface area contributed by atoms with Crippen LogP contribution in [-0.4, -0.2) is 27.9 Å². The van der Waals surface area contributed by atoms with E-state index in [1.165, 1.54) is 5.84 Å². The fourth-order valence-electron chi connectivity index (χ4n) is 0.108. The molecule has 1 N–H and O–H groups in total. The van der Waals surface area contributed by atoms with E-state index >= 15 is 0 Å². The van der Waals surface area contributed by atoms with Gasteiger partial charge in [-0.1, -0.05) is 0 Å². The molecule has 0 saturated heterocycles. The smallest absolute Gasteiger partial charge is 0.207 e. The van der Waals surface area contributed by atoms with Crippen molar-refractivity contribution < 1.29 is 9.63 Å². The van der Waals surface area contributed by atoms with Crippen molar-refractivity contribution in [2.24, 2.45) is 5.16 Å². The normalized spacial score (nSPS) is 12.2. The van der Waals surface area contributed by atoms with Gasteiger partial charge in [0, 0.05) is 7.11 Å². The molecular formula is C2H7NO2Si. The van der Waals surface area contributed by atoms with Crippen molar-refractivity contribution >= 4 is 15.6 Å². The van der Waals surface area contributed by atoms with Gasteiger partial charge in [0.2, 0.25) is 9.76 Å². The van der Waals surface area contributed by atoms with Gasteiger partial charge in [0.05, 0.1) is 5.84 Å². The van der Waals surface area contributed by atoms with Crippen molar-refractivity contribution in [2.75, 3.05) is 7.11 Å². The zero-order valence-electron chi connectivity index (χ0n) is 3.59. The lowest BCUT2D eigenvalue weighted by molar-refractivity contribution is 0.322. The van der Waals surface area contributed by atoms with Gasteiger partial charge >= 0.3 is 0 Å². The minimum Gasteiger partial charge on any atom is -0.421 e. The van der Waals surface area contributed by atoms with Gasteiger partial charge < -0.3 is 9.63 Å². The Hall–Kier alpha value is -0.353. The SMILES string of the molecule is CO[SiH2]C=NO. The number of hydrogen-bond acceptors (Lipinski definition) is 3. The van der Waals surface area contributed by atoms with Crippen LogP contribution in [0.2, 0.25) is 0 Å². The minimum absolute atomic E-state index is 0.620. The predicted molar refractivity (Wildman–Crippen MR) is 25.8 cm³/mol. The molecular weight excluding hydrogens is 98.1 g/mol. The van der Waals surface area contributed by atoms with Gasteiger partial charge in [-0.25, -0.2) is 0 Å². The molecule has 0 atom stereocenters. The Balaban J connectivity index is 2.66. The van der Waals surface area contributed by atoms with Crippen LogP contribution in [0.25, 0.3) is 0 Å². The molecule has 0 heterocycles. The van der Waals surface area contributed by atoms with Crippen LogP contribution in [0.5, 0.6) is 0 Å². The summed E-state index contributed by atoms with van der Waals surface area (Å²) in [6, 6.07) is 0. The first kappa shape index (κ1) is 5.65. The third-order valence-electron chi connectivity index (χ3n) is 0.323. The molecule has 0 bridgehead atoms. The standard InChI is InChI=1S/C2H7NO2Si/c1-5-6-2-3-4/h2,4H,6H2,1H3. The third kappa shape index (κ3) is 3.65. The van der Waals surface area contributed by atoms with Gasteiger partial charge in [-0.15, -0.1) is 5.16 Å². The Bertz CT molecular complexity index is 46.8. The second-order valence-electron chi connectivity index (χ2n) is 0.753. The summed E-state index contributed by atoms with van der Waals surface area (Å²) in [7, 11) is 0.971. The Morgan fingerprint density at radius 3 is 2.83 bits per heavy atom.